The predicted molar refractivity (Wildman–Crippen MR) is 84.8 cm³/mol. The fourth-order valence-electron chi connectivity index (χ4n) is 2.33. The highest BCUT2D eigenvalue weighted by molar-refractivity contribution is 7.94. The van der Waals surface area contributed by atoms with Crippen LogP contribution < -0.4 is 5.01 Å². The van der Waals surface area contributed by atoms with Crippen molar-refractivity contribution >= 4 is 15.5 Å². The van der Waals surface area contributed by atoms with E-state index in [1.54, 1.807) is 0 Å². The van der Waals surface area contributed by atoms with Gasteiger partial charge in [-0.2, -0.15) is 0 Å². The molecule has 0 amide bonds. The van der Waals surface area contributed by atoms with Gasteiger partial charge in [0.15, 0.2) is 9.84 Å². The fraction of sp³-hybridized carbons (Fsp3) is 0.467. The van der Waals surface area contributed by atoms with Gasteiger partial charge >= 0.3 is 0 Å². The highest BCUT2D eigenvalue weighted by Crippen LogP contribution is 2.17. The zero-order chi connectivity index (χ0) is 15.1. The van der Waals surface area contributed by atoms with Gasteiger partial charge in [-0.3, -0.25) is 0 Å². The maximum atomic E-state index is 11.5. The third-order valence-corrected chi connectivity index (χ3v) is 4.80. The Balaban J connectivity index is 2.03. The molecule has 0 saturated carbocycles. The van der Waals surface area contributed by atoms with Crippen molar-refractivity contribution in [2.75, 3.05) is 43.6 Å². The Labute approximate surface area is 126 Å². The quantitative estimate of drug-likeness (QED) is 0.767. The number of sulfone groups is 1. The van der Waals surface area contributed by atoms with E-state index in [2.05, 4.69) is 16.6 Å². The van der Waals surface area contributed by atoms with Crippen LogP contribution in [0.1, 0.15) is 6.42 Å². The highest BCUT2D eigenvalue weighted by Gasteiger charge is 2.19. The molecule has 0 N–H and O–H groups in total. The molecule has 0 spiro atoms. The van der Waals surface area contributed by atoms with Crippen molar-refractivity contribution in [3.63, 3.8) is 0 Å². The van der Waals surface area contributed by atoms with E-state index in [9.17, 15) is 8.42 Å². The second kappa shape index (κ2) is 7.59. The summed E-state index contributed by atoms with van der Waals surface area (Å²) in [6, 6.07) is 10.0. The second-order valence-corrected chi connectivity index (χ2v) is 6.98. The van der Waals surface area contributed by atoms with Gasteiger partial charge in [-0.15, -0.1) is 0 Å². The van der Waals surface area contributed by atoms with Gasteiger partial charge < -0.3 is 9.75 Å². The topological polar surface area (TPSA) is 49.9 Å². The van der Waals surface area contributed by atoms with E-state index in [1.165, 1.54) is 0 Å². The molecule has 0 radical (unpaired) electrons. The molecule has 116 valence electrons. The number of morpholine rings is 1. The zero-order valence-electron chi connectivity index (χ0n) is 12.1. The summed E-state index contributed by atoms with van der Waals surface area (Å²) in [6.07, 6.45) is 0.570. The van der Waals surface area contributed by atoms with Crippen molar-refractivity contribution in [3.05, 3.63) is 42.3 Å². The van der Waals surface area contributed by atoms with Crippen LogP contribution in [0.3, 0.4) is 0 Å². The molecule has 1 saturated heterocycles. The van der Waals surface area contributed by atoms with Crippen LogP contribution in [-0.4, -0.2) is 52.0 Å². The Morgan fingerprint density at radius 2 is 1.90 bits per heavy atom. The third-order valence-electron chi connectivity index (χ3n) is 3.44. The molecule has 0 aliphatic carbocycles. The van der Waals surface area contributed by atoms with Gasteiger partial charge in [0.2, 0.25) is 0 Å². The normalized spacial score (nSPS) is 16.6. The number of hydrazine groups is 1. The molecule has 5 nitrogen and oxygen atoms in total. The average molecular weight is 310 g/mol. The first kappa shape index (κ1) is 16.0. The van der Waals surface area contributed by atoms with E-state index in [-0.39, 0.29) is 5.75 Å². The van der Waals surface area contributed by atoms with Crippen LogP contribution >= 0.6 is 0 Å². The Morgan fingerprint density at radius 1 is 1.24 bits per heavy atom. The minimum absolute atomic E-state index is 0.129. The highest BCUT2D eigenvalue weighted by atomic mass is 32.2. The molecule has 6 heteroatoms. The Kier molecular flexibility index (Phi) is 5.78. The lowest BCUT2D eigenvalue weighted by molar-refractivity contribution is 0.0317. The first-order valence-electron chi connectivity index (χ1n) is 7.13. The molecule has 1 aliphatic rings. The summed E-state index contributed by atoms with van der Waals surface area (Å²) in [7, 11) is -3.13. The van der Waals surface area contributed by atoms with Crippen molar-refractivity contribution in [3.8, 4) is 0 Å². The van der Waals surface area contributed by atoms with Crippen LogP contribution in [-0.2, 0) is 14.6 Å². The molecule has 2 rings (SSSR count). The number of hydrogen-bond donors (Lipinski definition) is 0. The monoisotopic (exact) mass is 310 g/mol. The maximum Gasteiger partial charge on any atom is 0.171 e. The largest absolute Gasteiger partial charge is 0.379 e. The molecule has 1 aromatic carbocycles. The van der Waals surface area contributed by atoms with Gasteiger partial charge in [0.05, 0.1) is 24.7 Å². The number of benzene rings is 1. The van der Waals surface area contributed by atoms with Gasteiger partial charge in [-0.05, 0) is 18.6 Å². The number of para-hydroxylation sites is 1. The maximum absolute atomic E-state index is 11.5. The van der Waals surface area contributed by atoms with E-state index >= 15 is 0 Å². The smallest absolute Gasteiger partial charge is 0.171 e. The fourth-order valence-corrected chi connectivity index (χ4v) is 3.03. The summed E-state index contributed by atoms with van der Waals surface area (Å²) in [5, 5.41) is 5.41. The van der Waals surface area contributed by atoms with Crippen LogP contribution in [0, 0.1) is 0 Å². The molecule has 1 fully saturated rings. The van der Waals surface area contributed by atoms with Gasteiger partial charge in [0.1, 0.15) is 0 Å². The van der Waals surface area contributed by atoms with E-state index in [1.807, 2.05) is 30.3 Å². The molecule has 0 bridgehead atoms. The van der Waals surface area contributed by atoms with Crippen molar-refractivity contribution in [2.45, 2.75) is 6.42 Å². The Morgan fingerprint density at radius 3 is 2.52 bits per heavy atom. The predicted octanol–water partition coefficient (Wildman–Crippen LogP) is 1.69. The SMILES string of the molecule is C=CS(=O)(=O)CCCN(c1ccccc1)N1CCOCC1. The molecular weight excluding hydrogens is 288 g/mol. The third kappa shape index (κ3) is 4.84. The number of nitrogens with zero attached hydrogens (tertiary/aromatic N) is 2. The number of hydrogen-bond acceptors (Lipinski definition) is 5. The van der Waals surface area contributed by atoms with Crippen molar-refractivity contribution in [1.29, 1.82) is 0 Å². The molecular formula is C15H22N2O3S. The lowest BCUT2D eigenvalue weighted by atomic mass is 10.3. The van der Waals surface area contributed by atoms with Gasteiger partial charge in [-0.25, -0.2) is 13.4 Å². The molecule has 21 heavy (non-hydrogen) atoms. The minimum atomic E-state index is -3.13. The zero-order valence-corrected chi connectivity index (χ0v) is 13.0. The van der Waals surface area contributed by atoms with Crippen LogP contribution in [0.5, 0.6) is 0 Å². The molecule has 0 unspecified atom stereocenters. The second-order valence-electron chi connectivity index (χ2n) is 4.91. The van der Waals surface area contributed by atoms with Crippen LogP contribution in [0.4, 0.5) is 5.69 Å². The molecule has 1 heterocycles. The van der Waals surface area contributed by atoms with Gasteiger partial charge in [-0.1, -0.05) is 24.8 Å². The van der Waals surface area contributed by atoms with Gasteiger partial charge in [0, 0.05) is 25.0 Å². The van der Waals surface area contributed by atoms with E-state index in [0.29, 0.717) is 26.2 Å². The van der Waals surface area contributed by atoms with E-state index in [4.69, 9.17) is 4.74 Å². The summed E-state index contributed by atoms with van der Waals surface area (Å²) in [4.78, 5) is 0. The van der Waals surface area contributed by atoms with Crippen molar-refractivity contribution in [1.82, 2.24) is 5.01 Å². The van der Waals surface area contributed by atoms with Crippen LogP contribution in [0.25, 0.3) is 0 Å². The number of rotatable bonds is 7. The van der Waals surface area contributed by atoms with Crippen LogP contribution in [0.2, 0.25) is 0 Å². The molecule has 0 atom stereocenters. The lowest BCUT2D eigenvalue weighted by Crippen LogP contribution is -2.49. The first-order chi connectivity index (χ1) is 10.1. The summed E-state index contributed by atoms with van der Waals surface area (Å²) >= 11 is 0. The van der Waals surface area contributed by atoms with Crippen molar-refractivity contribution in [2.24, 2.45) is 0 Å². The first-order valence-corrected chi connectivity index (χ1v) is 8.84. The summed E-state index contributed by atoms with van der Waals surface area (Å²) in [6.45, 7) is 7.06. The molecule has 0 aromatic heterocycles. The van der Waals surface area contributed by atoms with E-state index < -0.39 is 9.84 Å². The minimum Gasteiger partial charge on any atom is -0.379 e. The average Bonchev–Trinajstić information content (AvgIpc) is 2.53. The summed E-state index contributed by atoms with van der Waals surface area (Å²) in [5.74, 6) is 0.129. The number of ether oxygens (including phenoxy) is 1. The number of anilines is 1. The lowest BCUT2D eigenvalue weighted by Gasteiger charge is -2.39. The Bertz CT molecular complexity index is 539. The Hall–Kier alpha value is -1.37. The van der Waals surface area contributed by atoms with Crippen LogP contribution in [0.15, 0.2) is 42.3 Å². The summed E-state index contributed by atoms with van der Waals surface area (Å²) < 4.78 is 28.4. The standard InChI is InChI=1S/C15H22N2O3S/c1-2-21(18,19)14-6-9-17(15-7-4-3-5-8-15)16-10-12-20-13-11-16/h2-5,7-8H,1,6,9-14H2. The molecule has 1 aromatic rings. The summed E-state index contributed by atoms with van der Waals surface area (Å²) in [5.41, 5.74) is 1.08. The molecule has 1 aliphatic heterocycles. The van der Waals surface area contributed by atoms with Crippen molar-refractivity contribution < 1.29 is 13.2 Å². The van der Waals surface area contributed by atoms with E-state index in [0.717, 1.165) is 24.2 Å². The van der Waals surface area contributed by atoms with Gasteiger partial charge in [0.25, 0.3) is 0 Å².